The lowest BCUT2D eigenvalue weighted by atomic mass is 10.0. The van der Waals surface area contributed by atoms with Crippen molar-refractivity contribution in [3.05, 3.63) is 57.3 Å². The van der Waals surface area contributed by atoms with E-state index in [1.807, 2.05) is 25.1 Å². The zero-order valence-electron chi connectivity index (χ0n) is 11.8. The largest absolute Gasteiger partial charge is 0.324 e. The molecule has 104 valence electrons. The molecule has 1 N–H and O–H groups in total. The fourth-order valence-corrected chi connectivity index (χ4v) is 2.15. The number of hydrogen-bond acceptors (Lipinski definition) is 2. The van der Waals surface area contributed by atoms with Gasteiger partial charge in [-0.15, -0.1) is 0 Å². The summed E-state index contributed by atoms with van der Waals surface area (Å²) in [6, 6.07) is 7.99. The second-order valence-corrected chi connectivity index (χ2v) is 5.73. The molecule has 4 heteroatoms. The van der Waals surface area contributed by atoms with Crippen LogP contribution < -0.4 is 5.32 Å². The summed E-state index contributed by atoms with van der Waals surface area (Å²) in [5.74, 6) is -0.0308. The molecule has 0 atom stereocenters. The van der Waals surface area contributed by atoms with Gasteiger partial charge in [-0.25, -0.2) is 4.98 Å². The molecule has 1 amide bonds. The summed E-state index contributed by atoms with van der Waals surface area (Å²) in [5, 5.41) is 2.87. The van der Waals surface area contributed by atoms with Gasteiger partial charge in [-0.2, -0.15) is 0 Å². The molecule has 0 fully saturated rings. The molecule has 0 radical (unpaired) electrons. The summed E-state index contributed by atoms with van der Waals surface area (Å²) in [7, 11) is 0. The van der Waals surface area contributed by atoms with Crippen LogP contribution >= 0.6 is 15.9 Å². The predicted octanol–water partition coefficient (Wildman–Crippen LogP) is 3.95. The molecule has 0 unspecified atom stereocenters. The fourth-order valence-electron chi connectivity index (χ4n) is 1.93. The number of nitrogens with one attached hydrogen (secondary N) is 1. The molecule has 3 nitrogen and oxygen atoms in total. The highest BCUT2D eigenvalue weighted by Gasteiger charge is 2.06. The quantitative estimate of drug-likeness (QED) is 0.864. The molecule has 2 rings (SSSR count). The predicted molar refractivity (Wildman–Crippen MR) is 84.9 cm³/mol. The summed E-state index contributed by atoms with van der Waals surface area (Å²) < 4.78 is 0.796. The molecule has 20 heavy (non-hydrogen) atoms. The van der Waals surface area contributed by atoms with E-state index in [9.17, 15) is 4.79 Å². The standard InChI is InChI=1S/C16H17BrN2O/c1-10-4-5-13(6-11(10)2)8-15(20)19-14-7-12(3)16(17)18-9-14/h4-7,9H,8H2,1-3H3,(H,19,20). The number of halogens is 1. The number of pyridine rings is 1. The summed E-state index contributed by atoms with van der Waals surface area (Å²) >= 11 is 3.34. The Morgan fingerprint density at radius 1 is 1.15 bits per heavy atom. The van der Waals surface area contributed by atoms with Crippen molar-refractivity contribution in [3.63, 3.8) is 0 Å². The second-order valence-electron chi connectivity index (χ2n) is 4.98. The third-order valence-corrected chi connectivity index (χ3v) is 4.06. The topological polar surface area (TPSA) is 42.0 Å². The van der Waals surface area contributed by atoms with E-state index in [0.717, 1.165) is 21.4 Å². The van der Waals surface area contributed by atoms with Crippen LogP contribution in [0.15, 0.2) is 35.1 Å². The minimum absolute atomic E-state index is 0.0308. The third kappa shape index (κ3) is 3.67. The van der Waals surface area contributed by atoms with Crippen LogP contribution in [-0.4, -0.2) is 10.9 Å². The molecule has 0 aliphatic rings. The molecule has 0 saturated carbocycles. The van der Waals surface area contributed by atoms with Crippen molar-refractivity contribution in [3.8, 4) is 0 Å². The first-order valence-corrected chi connectivity index (χ1v) is 7.23. The van der Waals surface area contributed by atoms with E-state index in [0.29, 0.717) is 6.42 Å². The van der Waals surface area contributed by atoms with Crippen molar-refractivity contribution < 1.29 is 4.79 Å². The first-order chi connectivity index (χ1) is 9.45. The van der Waals surface area contributed by atoms with Gasteiger partial charge in [0.1, 0.15) is 4.60 Å². The normalized spacial score (nSPS) is 10.4. The summed E-state index contributed by atoms with van der Waals surface area (Å²) in [6.45, 7) is 6.06. The van der Waals surface area contributed by atoms with Crippen molar-refractivity contribution >= 4 is 27.5 Å². The van der Waals surface area contributed by atoms with Crippen molar-refractivity contribution in [2.24, 2.45) is 0 Å². The van der Waals surface area contributed by atoms with Gasteiger partial charge in [0.2, 0.25) is 5.91 Å². The van der Waals surface area contributed by atoms with Gasteiger partial charge in [0.05, 0.1) is 18.3 Å². The Morgan fingerprint density at radius 3 is 2.55 bits per heavy atom. The minimum Gasteiger partial charge on any atom is -0.324 e. The summed E-state index contributed by atoms with van der Waals surface area (Å²) in [4.78, 5) is 16.2. The van der Waals surface area contributed by atoms with Crippen LogP contribution in [0, 0.1) is 20.8 Å². The highest BCUT2D eigenvalue weighted by Crippen LogP contribution is 2.17. The van der Waals surface area contributed by atoms with Crippen molar-refractivity contribution in [1.82, 2.24) is 4.98 Å². The highest BCUT2D eigenvalue weighted by molar-refractivity contribution is 9.10. The van der Waals surface area contributed by atoms with Crippen LogP contribution in [0.2, 0.25) is 0 Å². The van der Waals surface area contributed by atoms with E-state index in [1.54, 1.807) is 6.20 Å². The van der Waals surface area contributed by atoms with E-state index >= 15 is 0 Å². The fraction of sp³-hybridized carbons (Fsp3) is 0.250. The SMILES string of the molecule is Cc1ccc(CC(=O)Nc2cnc(Br)c(C)c2)cc1C. The van der Waals surface area contributed by atoms with Crippen LogP contribution in [0.25, 0.3) is 0 Å². The average Bonchev–Trinajstić information content (AvgIpc) is 2.38. The number of carbonyl (C=O) groups is 1. The summed E-state index contributed by atoms with van der Waals surface area (Å²) in [6.07, 6.45) is 2.02. The zero-order valence-corrected chi connectivity index (χ0v) is 13.4. The lowest BCUT2D eigenvalue weighted by Crippen LogP contribution is -2.14. The van der Waals surface area contributed by atoms with Gasteiger partial charge in [0.15, 0.2) is 0 Å². The first kappa shape index (κ1) is 14.7. The highest BCUT2D eigenvalue weighted by atomic mass is 79.9. The molecule has 0 spiro atoms. The maximum absolute atomic E-state index is 12.0. The smallest absolute Gasteiger partial charge is 0.228 e. The van der Waals surface area contributed by atoms with Crippen LogP contribution in [0.4, 0.5) is 5.69 Å². The van der Waals surface area contributed by atoms with E-state index in [-0.39, 0.29) is 5.91 Å². The van der Waals surface area contributed by atoms with E-state index in [2.05, 4.69) is 46.1 Å². The molecule has 2 aromatic rings. The summed E-state index contributed by atoms with van der Waals surface area (Å²) in [5.41, 5.74) is 5.18. The average molecular weight is 333 g/mol. The molecular formula is C16H17BrN2O. The first-order valence-electron chi connectivity index (χ1n) is 6.44. The second kappa shape index (κ2) is 6.18. The van der Waals surface area contributed by atoms with Crippen LogP contribution in [0.1, 0.15) is 22.3 Å². The Morgan fingerprint density at radius 2 is 1.90 bits per heavy atom. The number of aryl methyl sites for hydroxylation is 3. The van der Waals surface area contributed by atoms with Crippen LogP contribution in [-0.2, 0) is 11.2 Å². The number of nitrogens with zero attached hydrogens (tertiary/aromatic N) is 1. The Balaban J connectivity index is 2.04. The zero-order chi connectivity index (χ0) is 14.7. The van der Waals surface area contributed by atoms with Crippen LogP contribution in [0.5, 0.6) is 0 Å². The number of amides is 1. The van der Waals surface area contributed by atoms with Gasteiger partial charge in [0.25, 0.3) is 0 Å². The van der Waals surface area contributed by atoms with Gasteiger partial charge in [-0.3, -0.25) is 4.79 Å². The Kier molecular flexibility index (Phi) is 4.55. The van der Waals surface area contributed by atoms with E-state index in [4.69, 9.17) is 0 Å². The molecule has 1 aromatic carbocycles. The van der Waals surface area contributed by atoms with Crippen molar-refractivity contribution in [1.29, 1.82) is 0 Å². The van der Waals surface area contributed by atoms with Crippen molar-refractivity contribution in [2.45, 2.75) is 27.2 Å². The van der Waals surface area contributed by atoms with Gasteiger partial charge in [-0.1, -0.05) is 18.2 Å². The Bertz CT molecular complexity index is 597. The molecule has 0 saturated heterocycles. The lowest BCUT2D eigenvalue weighted by Gasteiger charge is -2.08. The monoisotopic (exact) mass is 332 g/mol. The van der Waals surface area contributed by atoms with Gasteiger partial charge >= 0.3 is 0 Å². The molecule has 1 heterocycles. The molecule has 0 bridgehead atoms. The van der Waals surface area contributed by atoms with Gasteiger partial charge < -0.3 is 5.32 Å². The number of rotatable bonds is 3. The Hall–Kier alpha value is -1.68. The van der Waals surface area contributed by atoms with Gasteiger partial charge in [0, 0.05) is 0 Å². The molecule has 0 aliphatic heterocycles. The van der Waals surface area contributed by atoms with E-state index in [1.165, 1.54) is 11.1 Å². The van der Waals surface area contributed by atoms with Crippen molar-refractivity contribution in [2.75, 3.05) is 5.32 Å². The van der Waals surface area contributed by atoms with Gasteiger partial charge in [-0.05, 0) is 65.0 Å². The van der Waals surface area contributed by atoms with Crippen LogP contribution in [0.3, 0.4) is 0 Å². The number of aromatic nitrogens is 1. The maximum atomic E-state index is 12.0. The Labute approximate surface area is 127 Å². The number of carbonyl (C=O) groups excluding carboxylic acids is 1. The third-order valence-electron chi connectivity index (χ3n) is 3.23. The molecule has 0 aliphatic carbocycles. The number of benzene rings is 1. The molecule has 1 aromatic heterocycles. The molecular weight excluding hydrogens is 316 g/mol. The maximum Gasteiger partial charge on any atom is 0.228 e. The van der Waals surface area contributed by atoms with E-state index < -0.39 is 0 Å². The number of hydrogen-bond donors (Lipinski definition) is 1. The number of anilines is 1. The lowest BCUT2D eigenvalue weighted by molar-refractivity contribution is -0.115. The minimum atomic E-state index is -0.0308.